The third-order valence-corrected chi connectivity index (χ3v) is 4.52. The second kappa shape index (κ2) is 8.11. The minimum absolute atomic E-state index is 0.219. The van der Waals surface area contributed by atoms with Crippen LogP contribution in [-0.4, -0.2) is 31.0 Å². The molecule has 0 unspecified atom stereocenters. The molecule has 11 heteroatoms. The molecule has 0 spiro atoms. The number of hydrogen-bond donors (Lipinski definition) is 1. The van der Waals surface area contributed by atoms with E-state index in [0.29, 0.717) is 21.3 Å². The lowest BCUT2D eigenvalue weighted by Gasteiger charge is -2.05. The van der Waals surface area contributed by atoms with E-state index in [-0.39, 0.29) is 11.3 Å². The average Bonchev–Trinajstić information content (AvgIpc) is 3.15. The number of primary amides is 1. The third-order valence-electron chi connectivity index (χ3n) is 3.52. The second-order valence-electron chi connectivity index (χ2n) is 5.33. The Balaban J connectivity index is 1.98. The number of nitrogens with two attached hydrogens (primary N) is 1. The number of nitriles is 1. The zero-order valence-corrected chi connectivity index (χ0v) is 14.9. The number of hydrogen-bond acceptors (Lipinski definition) is 8. The lowest BCUT2D eigenvalue weighted by atomic mass is 10.1. The maximum absolute atomic E-state index is 11.5. The van der Waals surface area contributed by atoms with Crippen molar-refractivity contribution in [3.63, 3.8) is 0 Å². The van der Waals surface area contributed by atoms with Gasteiger partial charge in [-0.25, -0.2) is 0 Å². The zero-order valence-electron chi connectivity index (χ0n) is 14.1. The quantitative estimate of drug-likeness (QED) is 0.289. The van der Waals surface area contributed by atoms with Crippen molar-refractivity contribution >= 4 is 29.4 Å². The molecule has 138 valence electrons. The van der Waals surface area contributed by atoms with Crippen LogP contribution in [0.2, 0.25) is 0 Å². The summed E-state index contributed by atoms with van der Waals surface area (Å²) >= 11 is 1.02. The monoisotopic (exact) mass is 393 g/mol. The minimum atomic E-state index is -0.911. The van der Waals surface area contributed by atoms with Crippen molar-refractivity contribution in [2.24, 2.45) is 5.73 Å². The van der Waals surface area contributed by atoms with Gasteiger partial charge in [0, 0.05) is 6.07 Å². The summed E-state index contributed by atoms with van der Waals surface area (Å²) < 4.78 is 1.46. The molecule has 3 rings (SSSR count). The third kappa shape index (κ3) is 4.02. The molecule has 10 nitrogen and oxygen atoms in total. The van der Waals surface area contributed by atoms with Crippen LogP contribution in [0, 0.1) is 21.4 Å². The molecule has 3 aromatic rings. The molecule has 0 saturated heterocycles. The number of tetrazole rings is 1. The number of amides is 1. The van der Waals surface area contributed by atoms with Crippen molar-refractivity contribution in [2.75, 3.05) is 0 Å². The van der Waals surface area contributed by atoms with Gasteiger partial charge >= 0.3 is 0 Å². The molecular weight excluding hydrogens is 382 g/mol. The fourth-order valence-corrected chi connectivity index (χ4v) is 3.13. The summed E-state index contributed by atoms with van der Waals surface area (Å²) in [7, 11) is 0. The highest BCUT2D eigenvalue weighted by Gasteiger charge is 2.19. The number of carbonyl (C=O) groups is 1. The summed E-state index contributed by atoms with van der Waals surface area (Å²) in [5.74, 6) is -0.911. The van der Waals surface area contributed by atoms with Gasteiger partial charge < -0.3 is 5.73 Å². The van der Waals surface area contributed by atoms with Crippen LogP contribution in [0.4, 0.5) is 5.69 Å². The Morgan fingerprint density at radius 2 is 2.04 bits per heavy atom. The normalized spacial score (nSPS) is 11.0. The standard InChI is InChI=1S/C17H11N7O3S/c18-10-12(16(19)25)8-11-6-7-15(14(9-11)24(26)27)28-17-20-21-22-23(17)13-4-2-1-3-5-13/h1-9H,(H2,19,25)/b12-8+. The zero-order chi connectivity index (χ0) is 20.1. The molecule has 0 radical (unpaired) electrons. The fraction of sp³-hybridized carbons (Fsp3) is 0. The first-order valence-corrected chi connectivity index (χ1v) is 8.53. The SMILES string of the molecule is N#C/C(=C\c1ccc(Sc2nnnn2-c2ccccc2)c([N+](=O)[O-])c1)C(N)=O. The van der Waals surface area contributed by atoms with Gasteiger partial charge in [0.15, 0.2) is 0 Å². The predicted octanol–water partition coefficient (Wildman–Crippen LogP) is 2.11. The van der Waals surface area contributed by atoms with Crippen molar-refractivity contribution in [2.45, 2.75) is 10.1 Å². The van der Waals surface area contributed by atoms with Crippen molar-refractivity contribution in [1.82, 2.24) is 20.2 Å². The van der Waals surface area contributed by atoms with E-state index in [1.807, 2.05) is 18.2 Å². The Bertz CT molecular complexity index is 1120. The molecule has 1 aromatic heterocycles. The number of para-hydroxylation sites is 1. The molecule has 0 bridgehead atoms. The van der Waals surface area contributed by atoms with Crippen LogP contribution in [0.15, 0.2) is 64.2 Å². The van der Waals surface area contributed by atoms with E-state index in [1.54, 1.807) is 18.2 Å². The van der Waals surface area contributed by atoms with Crippen molar-refractivity contribution in [3.8, 4) is 11.8 Å². The van der Waals surface area contributed by atoms with Gasteiger partial charge in [-0.05, 0) is 52.0 Å². The highest BCUT2D eigenvalue weighted by molar-refractivity contribution is 7.99. The van der Waals surface area contributed by atoms with Gasteiger partial charge in [0.2, 0.25) is 5.16 Å². The average molecular weight is 393 g/mol. The first kappa shape index (κ1) is 18.7. The van der Waals surface area contributed by atoms with Crippen molar-refractivity contribution in [1.29, 1.82) is 5.26 Å². The first-order chi connectivity index (χ1) is 13.5. The number of nitro benzene ring substituents is 1. The summed E-state index contributed by atoms with van der Waals surface area (Å²) in [4.78, 5) is 22.4. The second-order valence-corrected chi connectivity index (χ2v) is 6.34. The Morgan fingerprint density at radius 1 is 1.29 bits per heavy atom. The Labute approximate surface area is 162 Å². The molecular formula is C17H11N7O3S. The molecule has 0 atom stereocenters. The van der Waals surface area contributed by atoms with E-state index in [0.717, 1.165) is 11.8 Å². The van der Waals surface area contributed by atoms with Crippen LogP contribution in [0.25, 0.3) is 11.8 Å². The maximum Gasteiger partial charge on any atom is 0.283 e. The summed E-state index contributed by atoms with van der Waals surface area (Å²) in [5, 5.41) is 32.2. The largest absolute Gasteiger partial charge is 0.365 e. The van der Waals surface area contributed by atoms with Crippen LogP contribution in [0.3, 0.4) is 0 Å². The van der Waals surface area contributed by atoms with E-state index < -0.39 is 10.8 Å². The van der Waals surface area contributed by atoms with Crippen molar-refractivity contribution in [3.05, 3.63) is 69.8 Å². The van der Waals surface area contributed by atoms with E-state index in [2.05, 4.69) is 15.5 Å². The molecule has 0 aliphatic rings. The van der Waals surface area contributed by atoms with Gasteiger partial charge in [-0.3, -0.25) is 14.9 Å². The van der Waals surface area contributed by atoms with Crippen molar-refractivity contribution < 1.29 is 9.72 Å². The number of carbonyl (C=O) groups excluding carboxylic acids is 1. The minimum Gasteiger partial charge on any atom is -0.365 e. The van der Waals surface area contributed by atoms with Crippen LogP contribution in [0.5, 0.6) is 0 Å². The first-order valence-electron chi connectivity index (χ1n) is 7.71. The smallest absolute Gasteiger partial charge is 0.283 e. The predicted molar refractivity (Wildman–Crippen MR) is 99.2 cm³/mol. The molecule has 1 heterocycles. The number of benzene rings is 2. The molecule has 2 aromatic carbocycles. The van der Waals surface area contributed by atoms with Crippen LogP contribution < -0.4 is 5.73 Å². The molecule has 0 aliphatic heterocycles. The highest BCUT2D eigenvalue weighted by atomic mass is 32.2. The van der Waals surface area contributed by atoms with E-state index in [9.17, 15) is 14.9 Å². The molecule has 0 fully saturated rings. The summed E-state index contributed by atoms with van der Waals surface area (Å²) in [5.41, 5.74) is 5.58. The molecule has 0 aliphatic carbocycles. The summed E-state index contributed by atoms with van der Waals surface area (Å²) in [6, 6.07) is 15.0. The fourth-order valence-electron chi connectivity index (χ4n) is 2.25. The van der Waals surface area contributed by atoms with Crippen LogP contribution >= 0.6 is 11.8 Å². The Morgan fingerprint density at radius 3 is 2.68 bits per heavy atom. The highest BCUT2D eigenvalue weighted by Crippen LogP contribution is 2.35. The summed E-state index contributed by atoms with van der Waals surface area (Å²) in [6.45, 7) is 0. The number of rotatable bonds is 6. The van der Waals surface area contributed by atoms with Gasteiger partial charge in [0.1, 0.15) is 11.6 Å². The molecule has 0 saturated carbocycles. The Hall–Kier alpha value is -4.04. The number of nitrogens with zero attached hydrogens (tertiary/aromatic N) is 6. The summed E-state index contributed by atoms with van der Waals surface area (Å²) in [6.07, 6.45) is 1.19. The van der Waals surface area contributed by atoms with E-state index >= 15 is 0 Å². The van der Waals surface area contributed by atoms with E-state index in [4.69, 9.17) is 11.0 Å². The van der Waals surface area contributed by atoms with Gasteiger partial charge in [-0.1, -0.05) is 24.3 Å². The lowest BCUT2D eigenvalue weighted by Crippen LogP contribution is -2.12. The van der Waals surface area contributed by atoms with Gasteiger partial charge in [-0.2, -0.15) is 9.94 Å². The van der Waals surface area contributed by atoms with Crippen LogP contribution in [-0.2, 0) is 4.79 Å². The maximum atomic E-state index is 11.5. The number of aromatic nitrogens is 4. The molecule has 2 N–H and O–H groups in total. The van der Waals surface area contributed by atoms with Crippen LogP contribution in [0.1, 0.15) is 5.56 Å². The number of nitro groups is 1. The van der Waals surface area contributed by atoms with E-state index in [1.165, 1.54) is 29.0 Å². The topological polar surface area (TPSA) is 154 Å². The Kier molecular flexibility index (Phi) is 5.43. The molecule has 1 amide bonds. The molecule has 28 heavy (non-hydrogen) atoms. The lowest BCUT2D eigenvalue weighted by molar-refractivity contribution is -0.387. The van der Waals surface area contributed by atoms with Gasteiger partial charge in [-0.15, -0.1) is 5.10 Å². The van der Waals surface area contributed by atoms with Gasteiger partial charge in [0.05, 0.1) is 15.5 Å². The van der Waals surface area contributed by atoms with Gasteiger partial charge in [0.25, 0.3) is 11.6 Å².